The van der Waals surface area contributed by atoms with E-state index in [2.05, 4.69) is 26.1 Å². The third-order valence-electron chi connectivity index (χ3n) is 3.84. The number of benzene rings is 1. The minimum absolute atomic E-state index is 0.0381. The molecule has 1 aromatic rings. The third-order valence-corrected chi connectivity index (χ3v) is 5.67. The molecule has 4 nitrogen and oxygen atoms in total. The molecule has 0 aromatic heterocycles. The van der Waals surface area contributed by atoms with Crippen molar-refractivity contribution >= 4 is 21.4 Å². The lowest BCUT2D eigenvalue weighted by Crippen LogP contribution is -2.17. The van der Waals surface area contributed by atoms with E-state index >= 15 is 0 Å². The average Bonchev–Trinajstić information content (AvgIpc) is 2.68. The molecular formula is C16H23NO3S. The van der Waals surface area contributed by atoms with E-state index in [4.69, 9.17) is 0 Å². The topological polar surface area (TPSA) is 63.2 Å². The molecule has 1 atom stereocenters. The summed E-state index contributed by atoms with van der Waals surface area (Å²) in [6.45, 7) is 6.42. The molecule has 0 bridgehead atoms. The van der Waals surface area contributed by atoms with E-state index in [1.807, 2.05) is 24.3 Å². The zero-order valence-corrected chi connectivity index (χ0v) is 13.7. The molecule has 5 heteroatoms. The highest BCUT2D eigenvalue weighted by atomic mass is 32.2. The Kier molecular flexibility index (Phi) is 4.42. The molecular weight excluding hydrogens is 286 g/mol. The van der Waals surface area contributed by atoms with Gasteiger partial charge in [0.15, 0.2) is 9.84 Å². The molecule has 1 heterocycles. The summed E-state index contributed by atoms with van der Waals surface area (Å²) in [4.78, 5) is 12.0. The van der Waals surface area contributed by atoms with Crippen molar-refractivity contribution in [2.24, 2.45) is 5.92 Å². The van der Waals surface area contributed by atoms with Crippen LogP contribution in [0.2, 0.25) is 0 Å². The lowest BCUT2D eigenvalue weighted by molar-refractivity contribution is -0.116. The van der Waals surface area contributed by atoms with Crippen LogP contribution in [0, 0.1) is 5.92 Å². The predicted octanol–water partition coefficient (Wildman–Crippen LogP) is 2.75. The van der Waals surface area contributed by atoms with Crippen molar-refractivity contribution in [1.29, 1.82) is 0 Å². The Morgan fingerprint density at radius 2 is 1.86 bits per heavy atom. The van der Waals surface area contributed by atoms with Gasteiger partial charge in [-0.05, 0) is 35.4 Å². The number of carbonyl (C=O) groups is 1. The van der Waals surface area contributed by atoms with Gasteiger partial charge >= 0.3 is 0 Å². The van der Waals surface area contributed by atoms with Gasteiger partial charge in [0.05, 0.1) is 11.5 Å². The van der Waals surface area contributed by atoms with Gasteiger partial charge in [0.1, 0.15) is 0 Å². The second-order valence-corrected chi connectivity index (χ2v) is 9.08. The van der Waals surface area contributed by atoms with Crippen LogP contribution >= 0.6 is 0 Å². The highest BCUT2D eigenvalue weighted by Crippen LogP contribution is 2.24. The molecule has 0 unspecified atom stereocenters. The molecule has 0 spiro atoms. The summed E-state index contributed by atoms with van der Waals surface area (Å²) >= 11 is 0. The van der Waals surface area contributed by atoms with Gasteiger partial charge in [0.2, 0.25) is 5.91 Å². The summed E-state index contributed by atoms with van der Waals surface area (Å²) in [6.07, 6.45) is 0.874. The van der Waals surface area contributed by atoms with Gasteiger partial charge in [-0.15, -0.1) is 0 Å². The second-order valence-electron chi connectivity index (χ2n) is 6.85. The number of hydrogen-bond donors (Lipinski definition) is 1. The van der Waals surface area contributed by atoms with Crippen LogP contribution in [0.1, 0.15) is 39.2 Å². The number of anilines is 1. The van der Waals surface area contributed by atoms with E-state index < -0.39 is 9.84 Å². The van der Waals surface area contributed by atoms with E-state index in [-0.39, 0.29) is 35.2 Å². The molecule has 1 aliphatic rings. The molecule has 21 heavy (non-hydrogen) atoms. The van der Waals surface area contributed by atoms with Crippen molar-refractivity contribution in [2.75, 3.05) is 16.8 Å². The zero-order valence-electron chi connectivity index (χ0n) is 12.8. The summed E-state index contributed by atoms with van der Waals surface area (Å²) < 4.78 is 22.8. The maximum absolute atomic E-state index is 12.0. The predicted molar refractivity (Wildman–Crippen MR) is 85.1 cm³/mol. The Hall–Kier alpha value is -1.36. The molecule has 1 amide bonds. The van der Waals surface area contributed by atoms with Crippen LogP contribution in [0.25, 0.3) is 0 Å². The number of hydrogen-bond acceptors (Lipinski definition) is 3. The van der Waals surface area contributed by atoms with Gasteiger partial charge in [0, 0.05) is 12.1 Å². The maximum Gasteiger partial charge on any atom is 0.224 e. The molecule has 0 aliphatic carbocycles. The van der Waals surface area contributed by atoms with Crippen LogP contribution in [0.15, 0.2) is 24.3 Å². The van der Waals surface area contributed by atoms with Crippen molar-refractivity contribution in [2.45, 2.75) is 39.0 Å². The van der Waals surface area contributed by atoms with Crippen LogP contribution in [0.4, 0.5) is 5.69 Å². The molecule has 2 rings (SSSR count). The van der Waals surface area contributed by atoms with Crippen LogP contribution < -0.4 is 5.32 Å². The third kappa shape index (κ3) is 4.56. The summed E-state index contributed by atoms with van der Waals surface area (Å²) in [6, 6.07) is 7.80. The van der Waals surface area contributed by atoms with Crippen molar-refractivity contribution in [3.8, 4) is 0 Å². The Balaban J connectivity index is 1.91. The van der Waals surface area contributed by atoms with Gasteiger partial charge in [-0.1, -0.05) is 32.9 Å². The molecule has 1 saturated heterocycles. The molecule has 0 radical (unpaired) electrons. The molecule has 116 valence electrons. The molecule has 1 fully saturated rings. The lowest BCUT2D eigenvalue weighted by atomic mass is 9.87. The number of nitrogens with one attached hydrogen (secondary N) is 1. The largest absolute Gasteiger partial charge is 0.326 e. The Morgan fingerprint density at radius 1 is 1.24 bits per heavy atom. The minimum atomic E-state index is -2.92. The summed E-state index contributed by atoms with van der Waals surface area (Å²) in [5.74, 6) is 0.207. The van der Waals surface area contributed by atoms with Gasteiger partial charge in [-0.3, -0.25) is 4.79 Å². The van der Waals surface area contributed by atoms with Crippen LogP contribution in [0.3, 0.4) is 0 Å². The number of carbonyl (C=O) groups excluding carboxylic acids is 1. The monoisotopic (exact) mass is 309 g/mol. The second kappa shape index (κ2) is 5.79. The first kappa shape index (κ1) is 16.0. The fraction of sp³-hybridized carbons (Fsp3) is 0.562. The fourth-order valence-electron chi connectivity index (χ4n) is 2.56. The van der Waals surface area contributed by atoms with Gasteiger partial charge in [-0.2, -0.15) is 0 Å². The van der Waals surface area contributed by atoms with Gasteiger partial charge in [0.25, 0.3) is 0 Å². The van der Waals surface area contributed by atoms with E-state index in [0.717, 1.165) is 5.69 Å². The smallest absolute Gasteiger partial charge is 0.224 e. The molecule has 1 aromatic carbocycles. The minimum Gasteiger partial charge on any atom is -0.326 e. The lowest BCUT2D eigenvalue weighted by Gasteiger charge is -2.19. The zero-order chi connectivity index (χ0) is 15.7. The fourth-order valence-corrected chi connectivity index (χ4v) is 4.42. The van der Waals surface area contributed by atoms with E-state index in [9.17, 15) is 13.2 Å². The Bertz CT molecular complexity index is 612. The van der Waals surface area contributed by atoms with E-state index in [1.54, 1.807) is 0 Å². The normalized spacial score (nSPS) is 21.2. The average molecular weight is 309 g/mol. The molecule has 1 N–H and O–H groups in total. The molecule has 1 aliphatic heterocycles. The Morgan fingerprint density at radius 3 is 2.33 bits per heavy atom. The first-order chi connectivity index (χ1) is 9.66. The number of rotatable bonds is 3. The summed E-state index contributed by atoms with van der Waals surface area (Å²) in [5, 5.41) is 2.84. The number of sulfone groups is 1. The van der Waals surface area contributed by atoms with E-state index in [0.29, 0.717) is 6.42 Å². The van der Waals surface area contributed by atoms with Gasteiger partial charge in [-0.25, -0.2) is 8.42 Å². The number of amides is 1. The van der Waals surface area contributed by atoms with Crippen LogP contribution in [-0.2, 0) is 20.0 Å². The van der Waals surface area contributed by atoms with Crippen molar-refractivity contribution < 1.29 is 13.2 Å². The highest BCUT2D eigenvalue weighted by molar-refractivity contribution is 7.91. The van der Waals surface area contributed by atoms with E-state index in [1.165, 1.54) is 5.56 Å². The van der Waals surface area contributed by atoms with Crippen LogP contribution in [-0.4, -0.2) is 25.8 Å². The first-order valence-corrected chi connectivity index (χ1v) is 9.09. The quantitative estimate of drug-likeness (QED) is 0.934. The van der Waals surface area contributed by atoms with Crippen molar-refractivity contribution in [3.63, 3.8) is 0 Å². The van der Waals surface area contributed by atoms with Crippen LogP contribution in [0.5, 0.6) is 0 Å². The van der Waals surface area contributed by atoms with Gasteiger partial charge < -0.3 is 5.32 Å². The van der Waals surface area contributed by atoms with Crippen molar-refractivity contribution in [3.05, 3.63) is 29.8 Å². The van der Waals surface area contributed by atoms with Crippen molar-refractivity contribution in [1.82, 2.24) is 0 Å². The molecule has 0 saturated carbocycles. The Labute approximate surface area is 126 Å². The SMILES string of the molecule is CC(C)(C)c1ccc(NC(=O)C[C@@H]2CCS(=O)(=O)C2)cc1. The summed E-state index contributed by atoms with van der Waals surface area (Å²) in [7, 11) is -2.92. The maximum atomic E-state index is 12.0. The first-order valence-electron chi connectivity index (χ1n) is 7.26. The highest BCUT2D eigenvalue weighted by Gasteiger charge is 2.29. The standard InChI is InChI=1S/C16H23NO3S/c1-16(2,3)13-4-6-14(7-5-13)17-15(18)10-12-8-9-21(19,20)11-12/h4-7,12H,8-11H2,1-3H3,(H,17,18)/t12-/m0/s1. The summed E-state index contributed by atoms with van der Waals surface area (Å²) in [5.41, 5.74) is 2.05.